The van der Waals surface area contributed by atoms with Crippen molar-refractivity contribution in [2.24, 2.45) is 5.73 Å². The van der Waals surface area contributed by atoms with Gasteiger partial charge in [0.05, 0.1) is 12.1 Å². The first-order valence-electron chi connectivity index (χ1n) is 2.45. The molecule has 0 spiro atoms. The molecule has 1 atom stereocenters. The van der Waals surface area contributed by atoms with Gasteiger partial charge in [-0.2, -0.15) is 17.0 Å². The monoisotopic (exact) mass is 166 g/mol. The highest BCUT2D eigenvalue weighted by atomic mass is 35.5. The Balaban J connectivity index is 0. The molecule has 2 nitrogen and oxygen atoms in total. The number of nitrogens with two attached hydrogens (primary N) is 1. The minimum Gasteiger partial charge on any atom is -0.316 e. The maximum atomic E-state index is 8.18. The number of thioether (sulfide) groups is 1. The zero-order valence-corrected chi connectivity index (χ0v) is 6.97. The fourth-order valence-corrected chi connectivity index (χ4v) is 0.799. The van der Waals surface area contributed by atoms with E-state index in [9.17, 15) is 0 Å². The third kappa shape index (κ3) is 8.09. The van der Waals surface area contributed by atoms with Gasteiger partial charge in [0.1, 0.15) is 0 Å². The molecule has 9 heavy (non-hydrogen) atoms. The van der Waals surface area contributed by atoms with E-state index in [2.05, 4.69) is 0 Å². The number of hydrogen-bond acceptors (Lipinski definition) is 3. The van der Waals surface area contributed by atoms with Crippen LogP contribution in [0.1, 0.15) is 6.42 Å². The molecule has 0 aromatic carbocycles. The van der Waals surface area contributed by atoms with Crippen molar-refractivity contribution < 1.29 is 0 Å². The summed E-state index contributed by atoms with van der Waals surface area (Å²) in [4.78, 5) is 0. The number of nitrogens with zero attached hydrogens (tertiary/aromatic N) is 1. The van der Waals surface area contributed by atoms with Crippen LogP contribution in [0.25, 0.3) is 0 Å². The van der Waals surface area contributed by atoms with Gasteiger partial charge in [-0.15, -0.1) is 12.4 Å². The standard InChI is InChI=1S/C5H10N2S.ClH/c1-8-3-2-5(7)4-6;/h5H,2-3,7H2,1H3;1H. The van der Waals surface area contributed by atoms with Crippen molar-refractivity contribution >= 4 is 24.2 Å². The van der Waals surface area contributed by atoms with Gasteiger partial charge in [-0.3, -0.25) is 0 Å². The first-order valence-corrected chi connectivity index (χ1v) is 3.84. The van der Waals surface area contributed by atoms with E-state index in [1.54, 1.807) is 11.8 Å². The zero-order valence-electron chi connectivity index (χ0n) is 5.33. The van der Waals surface area contributed by atoms with E-state index >= 15 is 0 Å². The van der Waals surface area contributed by atoms with Gasteiger partial charge in [0, 0.05) is 0 Å². The molecular weight excluding hydrogens is 156 g/mol. The minimum atomic E-state index is -0.262. The third-order valence-electron chi connectivity index (χ3n) is 0.799. The van der Waals surface area contributed by atoms with E-state index in [0.717, 1.165) is 12.2 Å². The van der Waals surface area contributed by atoms with Crippen molar-refractivity contribution in [3.05, 3.63) is 0 Å². The molecule has 2 N–H and O–H groups in total. The summed E-state index contributed by atoms with van der Waals surface area (Å²) in [7, 11) is 0. The second-order valence-corrected chi connectivity index (χ2v) is 2.50. The molecule has 0 bridgehead atoms. The fourth-order valence-electron chi connectivity index (χ4n) is 0.309. The highest BCUT2D eigenvalue weighted by molar-refractivity contribution is 7.98. The van der Waals surface area contributed by atoms with Crippen LogP contribution in [-0.2, 0) is 0 Å². The highest BCUT2D eigenvalue weighted by Crippen LogP contribution is 1.96. The molecule has 54 valence electrons. The van der Waals surface area contributed by atoms with Crippen molar-refractivity contribution in [3.8, 4) is 6.07 Å². The maximum absolute atomic E-state index is 8.18. The quantitative estimate of drug-likeness (QED) is 0.681. The lowest BCUT2D eigenvalue weighted by Gasteiger charge is -1.96. The smallest absolute Gasteiger partial charge is 0.0935 e. The molecule has 0 saturated heterocycles. The van der Waals surface area contributed by atoms with Gasteiger partial charge in [0.25, 0.3) is 0 Å². The summed E-state index contributed by atoms with van der Waals surface area (Å²) in [6.07, 6.45) is 2.81. The topological polar surface area (TPSA) is 49.8 Å². The van der Waals surface area contributed by atoms with Gasteiger partial charge >= 0.3 is 0 Å². The van der Waals surface area contributed by atoms with Crippen LogP contribution in [0.2, 0.25) is 0 Å². The number of hydrogen-bond donors (Lipinski definition) is 1. The Morgan fingerprint density at radius 2 is 2.33 bits per heavy atom. The fraction of sp³-hybridized carbons (Fsp3) is 0.800. The summed E-state index contributed by atoms with van der Waals surface area (Å²) in [6.45, 7) is 0. The maximum Gasteiger partial charge on any atom is 0.0935 e. The Labute approximate surface area is 66.2 Å². The Morgan fingerprint density at radius 3 is 2.67 bits per heavy atom. The van der Waals surface area contributed by atoms with Gasteiger partial charge < -0.3 is 5.73 Å². The lowest BCUT2D eigenvalue weighted by Crippen LogP contribution is -2.17. The average Bonchev–Trinajstić information content (AvgIpc) is 1.83. The van der Waals surface area contributed by atoms with Gasteiger partial charge in [-0.25, -0.2) is 0 Å². The molecule has 0 rings (SSSR count). The molecule has 0 heterocycles. The van der Waals surface area contributed by atoms with Crippen LogP contribution in [0, 0.1) is 11.3 Å². The predicted octanol–water partition coefficient (Wildman–Crippen LogP) is 1.01. The van der Waals surface area contributed by atoms with E-state index in [1.165, 1.54) is 0 Å². The molecule has 0 fully saturated rings. The second-order valence-electron chi connectivity index (χ2n) is 1.52. The van der Waals surface area contributed by atoms with Crippen molar-refractivity contribution in [2.75, 3.05) is 12.0 Å². The van der Waals surface area contributed by atoms with Crippen LogP contribution in [0.4, 0.5) is 0 Å². The van der Waals surface area contributed by atoms with Crippen molar-refractivity contribution in [3.63, 3.8) is 0 Å². The average molecular weight is 167 g/mol. The molecule has 0 aliphatic rings. The van der Waals surface area contributed by atoms with Crippen LogP contribution in [0.5, 0.6) is 0 Å². The van der Waals surface area contributed by atoms with Gasteiger partial charge in [-0.05, 0) is 18.4 Å². The highest BCUT2D eigenvalue weighted by Gasteiger charge is 1.95. The summed E-state index contributed by atoms with van der Waals surface area (Å²) in [5.74, 6) is 0.981. The van der Waals surface area contributed by atoms with Crippen LogP contribution in [0.15, 0.2) is 0 Å². The number of nitriles is 1. The van der Waals surface area contributed by atoms with Crippen molar-refractivity contribution in [1.29, 1.82) is 5.26 Å². The number of halogens is 1. The number of rotatable bonds is 3. The SMILES string of the molecule is CSCCC(N)C#N.Cl. The molecular formula is C5H11ClN2S. The largest absolute Gasteiger partial charge is 0.316 e. The first-order chi connectivity index (χ1) is 3.81. The van der Waals surface area contributed by atoms with Crippen molar-refractivity contribution in [2.45, 2.75) is 12.5 Å². The van der Waals surface area contributed by atoms with Gasteiger partial charge in [0.15, 0.2) is 0 Å². The Bertz CT molecular complexity index is 91.4. The molecule has 0 aromatic heterocycles. The Kier molecular flexibility index (Phi) is 10.6. The van der Waals surface area contributed by atoms with E-state index in [1.807, 2.05) is 12.3 Å². The van der Waals surface area contributed by atoms with Crippen molar-refractivity contribution in [1.82, 2.24) is 0 Å². The zero-order chi connectivity index (χ0) is 6.41. The van der Waals surface area contributed by atoms with Gasteiger partial charge in [-0.1, -0.05) is 0 Å². The normalized spacial score (nSPS) is 11.2. The molecule has 0 saturated carbocycles. The van der Waals surface area contributed by atoms with E-state index in [-0.39, 0.29) is 18.4 Å². The third-order valence-corrected chi connectivity index (χ3v) is 1.44. The summed E-state index contributed by atoms with van der Waals surface area (Å²) in [5.41, 5.74) is 5.28. The lowest BCUT2D eigenvalue weighted by molar-refractivity contribution is 0.804. The van der Waals surface area contributed by atoms with Crippen LogP contribution in [0.3, 0.4) is 0 Å². The summed E-state index contributed by atoms with van der Waals surface area (Å²) in [5, 5.41) is 8.18. The van der Waals surface area contributed by atoms with Crippen LogP contribution < -0.4 is 5.73 Å². The molecule has 0 aliphatic heterocycles. The van der Waals surface area contributed by atoms with E-state index < -0.39 is 0 Å². The van der Waals surface area contributed by atoms with E-state index in [0.29, 0.717) is 0 Å². The molecule has 4 heteroatoms. The predicted molar refractivity (Wildman–Crippen MR) is 43.8 cm³/mol. The molecule has 0 amide bonds. The van der Waals surface area contributed by atoms with Gasteiger partial charge in [0.2, 0.25) is 0 Å². The minimum absolute atomic E-state index is 0. The molecule has 0 aliphatic carbocycles. The van der Waals surface area contributed by atoms with Crippen LogP contribution >= 0.6 is 24.2 Å². The second kappa shape index (κ2) is 8.09. The summed E-state index contributed by atoms with van der Waals surface area (Å²) in [6, 6.07) is 1.70. The summed E-state index contributed by atoms with van der Waals surface area (Å²) >= 11 is 1.71. The lowest BCUT2D eigenvalue weighted by atomic mass is 10.3. The first kappa shape index (κ1) is 11.8. The van der Waals surface area contributed by atoms with Crippen LogP contribution in [-0.4, -0.2) is 18.1 Å². The molecule has 0 aromatic rings. The molecule has 0 radical (unpaired) electrons. The Hall–Kier alpha value is 0.0900. The summed E-state index contributed by atoms with van der Waals surface area (Å²) < 4.78 is 0. The van der Waals surface area contributed by atoms with E-state index in [4.69, 9.17) is 11.0 Å². The Morgan fingerprint density at radius 1 is 1.78 bits per heavy atom. The molecule has 1 unspecified atom stereocenters.